The van der Waals surface area contributed by atoms with Gasteiger partial charge in [-0.3, -0.25) is 37.3 Å². The van der Waals surface area contributed by atoms with E-state index in [1.807, 2.05) is 0 Å². The van der Waals surface area contributed by atoms with Gasteiger partial charge in [0.15, 0.2) is 12.2 Å². The molecule has 0 rings (SSSR count). The smallest absolute Gasteiger partial charge is 0.462 e. The van der Waals surface area contributed by atoms with E-state index in [1.165, 1.54) is 89.9 Å². The van der Waals surface area contributed by atoms with Crippen LogP contribution in [0.5, 0.6) is 0 Å². The molecule has 0 aromatic carbocycles. The van der Waals surface area contributed by atoms with Crippen LogP contribution in [0.25, 0.3) is 0 Å². The van der Waals surface area contributed by atoms with Gasteiger partial charge in [0.25, 0.3) is 0 Å². The van der Waals surface area contributed by atoms with E-state index in [0.29, 0.717) is 37.5 Å². The number of phosphoric acid groups is 2. The molecule has 0 aromatic rings. The Labute approximate surface area is 473 Å². The molecule has 0 aliphatic carbocycles. The molecule has 0 heterocycles. The topological polar surface area (TPSA) is 237 Å². The van der Waals surface area contributed by atoms with E-state index in [4.69, 9.17) is 37.0 Å². The first kappa shape index (κ1) is 76.1. The zero-order valence-electron chi connectivity index (χ0n) is 50.0. The van der Waals surface area contributed by atoms with E-state index >= 15 is 0 Å². The van der Waals surface area contributed by atoms with Gasteiger partial charge in [-0.2, -0.15) is 0 Å². The highest BCUT2D eigenvalue weighted by atomic mass is 31.2. The van der Waals surface area contributed by atoms with E-state index in [1.54, 1.807) is 0 Å². The molecular weight excluding hydrogens is 1040 g/mol. The fourth-order valence-electron chi connectivity index (χ4n) is 8.65. The van der Waals surface area contributed by atoms with E-state index in [0.717, 1.165) is 103 Å². The highest BCUT2D eigenvalue weighted by molar-refractivity contribution is 7.47. The van der Waals surface area contributed by atoms with Crippen molar-refractivity contribution in [3.05, 3.63) is 0 Å². The van der Waals surface area contributed by atoms with Gasteiger partial charge in [0.05, 0.1) is 26.4 Å². The number of carbonyl (C=O) groups excluding carboxylic acids is 4. The van der Waals surface area contributed by atoms with Gasteiger partial charge >= 0.3 is 39.5 Å². The number of aliphatic hydroxyl groups excluding tert-OH is 1. The van der Waals surface area contributed by atoms with Gasteiger partial charge in [-0.15, -0.1) is 0 Å². The maximum Gasteiger partial charge on any atom is 0.472 e. The van der Waals surface area contributed by atoms with Crippen LogP contribution in [-0.2, 0) is 65.4 Å². The second-order valence-corrected chi connectivity index (χ2v) is 25.2. The number of esters is 4. The van der Waals surface area contributed by atoms with Crippen molar-refractivity contribution < 1.29 is 80.2 Å². The lowest BCUT2D eigenvalue weighted by Crippen LogP contribution is -2.30. The van der Waals surface area contributed by atoms with E-state index < -0.39 is 97.5 Å². The number of phosphoric ester groups is 2. The summed E-state index contributed by atoms with van der Waals surface area (Å²) in [5, 5.41) is 10.5. The predicted octanol–water partition coefficient (Wildman–Crippen LogP) is 15.7. The van der Waals surface area contributed by atoms with Crippen LogP contribution < -0.4 is 0 Å². The minimum atomic E-state index is -4.94. The molecule has 0 fully saturated rings. The van der Waals surface area contributed by atoms with Crippen LogP contribution in [0.2, 0.25) is 0 Å². The maximum absolute atomic E-state index is 12.9. The third-order valence-electron chi connectivity index (χ3n) is 13.5. The zero-order valence-corrected chi connectivity index (χ0v) is 51.7. The van der Waals surface area contributed by atoms with Crippen molar-refractivity contribution in [2.45, 2.75) is 304 Å². The predicted molar refractivity (Wildman–Crippen MR) is 308 cm³/mol. The molecule has 0 saturated heterocycles. The quantitative estimate of drug-likeness (QED) is 0.0222. The van der Waals surface area contributed by atoms with Gasteiger partial charge in [-0.25, -0.2) is 9.13 Å². The number of hydrogen-bond acceptors (Lipinski definition) is 15. The van der Waals surface area contributed by atoms with Gasteiger partial charge < -0.3 is 33.8 Å². The van der Waals surface area contributed by atoms with Crippen LogP contribution in [0, 0.1) is 11.8 Å². The first-order valence-electron chi connectivity index (χ1n) is 31.0. The number of hydrogen-bond donors (Lipinski definition) is 3. The average Bonchev–Trinajstić information content (AvgIpc) is 3.39. The Hall–Kier alpha value is -1.94. The van der Waals surface area contributed by atoms with E-state index in [2.05, 4.69) is 41.5 Å². The minimum absolute atomic E-state index is 0.101. The van der Waals surface area contributed by atoms with E-state index in [9.17, 15) is 43.2 Å². The number of ether oxygens (including phenoxy) is 4. The minimum Gasteiger partial charge on any atom is -0.462 e. The largest absolute Gasteiger partial charge is 0.472 e. The van der Waals surface area contributed by atoms with Crippen molar-refractivity contribution in [1.29, 1.82) is 0 Å². The number of carbonyl (C=O) groups is 4. The fourth-order valence-corrected chi connectivity index (χ4v) is 10.2. The Morgan fingerprint density at radius 3 is 0.872 bits per heavy atom. The molecule has 0 saturated carbocycles. The van der Waals surface area contributed by atoms with Crippen molar-refractivity contribution in [3.8, 4) is 0 Å². The summed E-state index contributed by atoms with van der Waals surface area (Å²) < 4.78 is 67.5. The molecule has 0 amide bonds. The monoisotopic (exact) mass is 1160 g/mol. The highest BCUT2D eigenvalue weighted by Crippen LogP contribution is 2.45. The van der Waals surface area contributed by atoms with Crippen LogP contribution in [0.3, 0.4) is 0 Å². The fraction of sp³-hybridized carbons (Fsp3) is 0.932. The Bertz CT molecular complexity index is 1550. The van der Waals surface area contributed by atoms with Gasteiger partial charge in [0.2, 0.25) is 0 Å². The van der Waals surface area contributed by atoms with Crippen molar-refractivity contribution in [1.82, 2.24) is 0 Å². The Morgan fingerprint density at radius 2 is 0.590 bits per heavy atom. The summed E-state index contributed by atoms with van der Waals surface area (Å²) in [6.07, 6.45) is 32.8. The maximum atomic E-state index is 12.9. The standard InChI is InChI=1S/C59H114O17P2/c1-7-9-11-13-14-15-16-17-18-19-20-21-22-31-37-43-58(63)75-55(48-70-57(62)42-36-30-25-23-28-33-39-51(3)4)50-74-78(67,68)72-46-53(60)45-71-77(65,66)73-49-54(47-69-56(61)41-35-27-12-10-8-2)76-59(64)44-38-32-26-24-29-34-40-52(5)6/h51-55,60H,7-50H2,1-6H3,(H,65,66)(H,67,68)/t53-,54+,55+/m0/s1. The third kappa shape index (κ3) is 53.4. The molecule has 5 atom stereocenters. The van der Waals surface area contributed by atoms with Crippen LogP contribution in [-0.4, -0.2) is 96.7 Å². The molecule has 2 unspecified atom stereocenters. The van der Waals surface area contributed by atoms with Crippen molar-refractivity contribution in [2.24, 2.45) is 11.8 Å². The van der Waals surface area contributed by atoms with Gasteiger partial charge in [-0.1, -0.05) is 234 Å². The molecule has 3 N–H and O–H groups in total. The number of rotatable bonds is 58. The molecule has 0 radical (unpaired) electrons. The third-order valence-corrected chi connectivity index (χ3v) is 15.4. The first-order chi connectivity index (χ1) is 37.4. The number of unbranched alkanes of at least 4 members (excludes halogenated alkanes) is 28. The lowest BCUT2D eigenvalue weighted by molar-refractivity contribution is -0.161. The second kappa shape index (κ2) is 51.9. The van der Waals surface area contributed by atoms with Crippen LogP contribution >= 0.6 is 15.6 Å². The molecule has 0 aliphatic rings. The molecular formula is C59H114O17P2. The molecule has 0 bridgehead atoms. The molecule has 17 nitrogen and oxygen atoms in total. The molecule has 78 heavy (non-hydrogen) atoms. The van der Waals surface area contributed by atoms with Crippen LogP contribution in [0.15, 0.2) is 0 Å². The Balaban J connectivity index is 5.16. The SMILES string of the molecule is CCCCCCCCCCCCCCCCCC(=O)O[C@H](COC(=O)CCCCCCCCC(C)C)COP(=O)(O)OC[C@@H](O)COP(=O)(O)OC[C@@H](COC(=O)CCCCCCC)OC(=O)CCCCCCCCC(C)C. The normalized spacial score (nSPS) is 14.4. The molecule has 19 heteroatoms. The molecule has 462 valence electrons. The van der Waals surface area contributed by atoms with Crippen molar-refractivity contribution in [3.63, 3.8) is 0 Å². The molecule has 0 spiro atoms. The Morgan fingerprint density at radius 1 is 0.346 bits per heavy atom. The second-order valence-electron chi connectivity index (χ2n) is 22.3. The average molecular weight is 1160 g/mol. The lowest BCUT2D eigenvalue weighted by Gasteiger charge is -2.21. The summed E-state index contributed by atoms with van der Waals surface area (Å²) in [5.74, 6) is -0.808. The summed E-state index contributed by atoms with van der Waals surface area (Å²) in [6.45, 7) is 9.19. The lowest BCUT2D eigenvalue weighted by atomic mass is 10.0. The zero-order chi connectivity index (χ0) is 58.0. The summed E-state index contributed by atoms with van der Waals surface area (Å²) in [5.41, 5.74) is 0. The highest BCUT2D eigenvalue weighted by Gasteiger charge is 2.30. The summed E-state index contributed by atoms with van der Waals surface area (Å²) in [7, 11) is -9.87. The number of aliphatic hydroxyl groups is 1. The van der Waals surface area contributed by atoms with Crippen molar-refractivity contribution in [2.75, 3.05) is 39.6 Å². The summed E-state index contributed by atoms with van der Waals surface area (Å²) in [4.78, 5) is 71.6. The van der Waals surface area contributed by atoms with Crippen LogP contribution in [0.1, 0.15) is 286 Å². The summed E-state index contributed by atoms with van der Waals surface area (Å²) in [6, 6.07) is 0. The molecule has 0 aliphatic heterocycles. The first-order valence-corrected chi connectivity index (χ1v) is 34.0. The van der Waals surface area contributed by atoms with E-state index in [-0.39, 0.29) is 25.7 Å². The summed E-state index contributed by atoms with van der Waals surface area (Å²) >= 11 is 0. The van der Waals surface area contributed by atoms with Crippen molar-refractivity contribution >= 4 is 39.5 Å². The van der Waals surface area contributed by atoms with Gasteiger partial charge in [-0.05, 0) is 37.5 Å². The van der Waals surface area contributed by atoms with Crippen LogP contribution in [0.4, 0.5) is 0 Å². The Kier molecular flexibility index (Phi) is 50.6. The van der Waals surface area contributed by atoms with Gasteiger partial charge in [0.1, 0.15) is 19.3 Å². The molecule has 0 aromatic heterocycles. The van der Waals surface area contributed by atoms with Gasteiger partial charge in [0, 0.05) is 25.7 Å².